The molecule has 3 amide bonds. The molecule has 9 nitrogen and oxygen atoms in total. The Morgan fingerprint density at radius 2 is 1.76 bits per heavy atom. The molecule has 0 saturated carbocycles. The maximum atomic E-state index is 13.0. The van der Waals surface area contributed by atoms with Crippen LogP contribution in [0, 0.1) is 6.92 Å². The summed E-state index contributed by atoms with van der Waals surface area (Å²) in [6.45, 7) is 0.708. The van der Waals surface area contributed by atoms with Crippen molar-refractivity contribution in [2.75, 3.05) is 16.8 Å². The lowest BCUT2D eigenvalue weighted by Crippen LogP contribution is -2.29. The molecule has 0 aliphatic carbocycles. The molecule has 174 valence electrons. The summed E-state index contributed by atoms with van der Waals surface area (Å²) >= 11 is 0. The van der Waals surface area contributed by atoms with Crippen molar-refractivity contribution in [2.45, 2.75) is 13.1 Å². The van der Waals surface area contributed by atoms with Crippen molar-refractivity contribution in [3.63, 3.8) is 0 Å². The predicted molar refractivity (Wildman–Crippen MR) is 109 cm³/mol. The van der Waals surface area contributed by atoms with Crippen LogP contribution in [0.5, 0.6) is 0 Å². The molecule has 0 bridgehead atoms. The fraction of sp³-hybridized carbons (Fsp3) is 0.136. The number of carbonyl (C=O) groups is 4. The molecule has 2 heterocycles. The van der Waals surface area contributed by atoms with Gasteiger partial charge in [0.15, 0.2) is 12.4 Å². The first kappa shape index (κ1) is 22.7. The minimum absolute atomic E-state index is 0.0105. The predicted octanol–water partition coefficient (Wildman–Crippen LogP) is 3.60. The van der Waals surface area contributed by atoms with E-state index in [4.69, 9.17) is 9.26 Å². The van der Waals surface area contributed by atoms with Gasteiger partial charge in [0.2, 0.25) is 0 Å². The van der Waals surface area contributed by atoms with Gasteiger partial charge in [-0.25, -0.2) is 9.69 Å². The maximum absolute atomic E-state index is 13.0. The lowest BCUT2D eigenvalue weighted by atomic mass is 10.1. The van der Waals surface area contributed by atoms with E-state index in [1.165, 1.54) is 30.3 Å². The second-order valence-electron chi connectivity index (χ2n) is 7.17. The standard InChI is InChI=1S/C22H14F3N3O6/c1-11-8-17(27-34-11)28-19(30)13-7-6-12(9-14(13)20(28)31)21(32)33-10-18(29)26-16-5-3-2-4-15(16)22(23,24)25/h2-9H,10H2,1H3,(H,26,29). The van der Waals surface area contributed by atoms with Gasteiger partial charge in [-0.2, -0.15) is 13.2 Å². The number of aryl methyl sites for hydroxylation is 1. The van der Waals surface area contributed by atoms with Gasteiger partial charge in [0, 0.05) is 6.07 Å². The number of para-hydroxylation sites is 1. The van der Waals surface area contributed by atoms with Crippen molar-refractivity contribution in [1.82, 2.24) is 5.16 Å². The number of aromatic nitrogens is 1. The van der Waals surface area contributed by atoms with E-state index in [9.17, 15) is 32.3 Å². The van der Waals surface area contributed by atoms with Crippen molar-refractivity contribution in [3.05, 3.63) is 76.5 Å². The highest BCUT2D eigenvalue weighted by Crippen LogP contribution is 2.34. The van der Waals surface area contributed by atoms with E-state index in [1.54, 1.807) is 6.92 Å². The summed E-state index contributed by atoms with van der Waals surface area (Å²) < 4.78 is 48.9. The molecule has 1 aliphatic heterocycles. The van der Waals surface area contributed by atoms with E-state index >= 15 is 0 Å². The minimum atomic E-state index is -4.69. The molecule has 3 aromatic rings. The summed E-state index contributed by atoms with van der Waals surface area (Å²) in [5.41, 5.74) is -1.72. The molecule has 0 radical (unpaired) electrons. The quantitative estimate of drug-likeness (QED) is 0.444. The van der Waals surface area contributed by atoms with Crippen LogP contribution in [0.1, 0.15) is 42.4 Å². The van der Waals surface area contributed by atoms with Crippen LogP contribution in [0.2, 0.25) is 0 Å². The third-order valence-electron chi connectivity index (χ3n) is 4.81. The molecule has 0 atom stereocenters. The molecule has 0 unspecified atom stereocenters. The number of hydrogen-bond donors (Lipinski definition) is 1. The number of anilines is 2. The Kier molecular flexibility index (Phi) is 5.65. The molecule has 12 heteroatoms. The van der Waals surface area contributed by atoms with Crippen molar-refractivity contribution in [3.8, 4) is 0 Å². The summed E-state index contributed by atoms with van der Waals surface area (Å²) in [5, 5.41) is 5.69. The van der Waals surface area contributed by atoms with Gasteiger partial charge in [0.1, 0.15) is 5.76 Å². The fourth-order valence-electron chi connectivity index (χ4n) is 3.27. The first-order valence-electron chi connectivity index (χ1n) is 9.65. The molecular weight excluding hydrogens is 459 g/mol. The SMILES string of the molecule is Cc1cc(N2C(=O)c3ccc(C(=O)OCC(=O)Nc4ccccc4C(F)(F)F)cc3C2=O)no1. The monoisotopic (exact) mass is 473 g/mol. The summed E-state index contributed by atoms with van der Waals surface area (Å²) in [4.78, 5) is 50.4. The van der Waals surface area contributed by atoms with Gasteiger partial charge in [-0.05, 0) is 37.3 Å². The Morgan fingerprint density at radius 3 is 2.44 bits per heavy atom. The Labute approximate surface area is 189 Å². The van der Waals surface area contributed by atoms with Crippen molar-refractivity contribution in [1.29, 1.82) is 0 Å². The van der Waals surface area contributed by atoms with E-state index in [1.807, 2.05) is 5.32 Å². The fourth-order valence-corrected chi connectivity index (χ4v) is 3.27. The zero-order chi connectivity index (χ0) is 24.6. The minimum Gasteiger partial charge on any atom is -0.452 e. The van der Waals surface area contributed by atoms with E-state index in [2.05, 4.69) is 5.16 Å². The third kappa shape index (κ3) is 4.25. The molecule has 0 spiro atoms. The van der Waals surface area contributed by atoms with Gasteiger partial charge in [0.25, 0.3) is 17.7 Å². The summed E-state index contributed by atoms with van der Waals surface area (Å²) in [5.74, 6) is -3.03. The zero-order valence-corrected chi connectivity index (χ0v) is 17.3. The third-order valence-corrected chi connectivity index (χ3v) is 4.81. The first-order chi connectivity index (χ1) is 16.1. The lowest BCUT2D eigenvalue weighted by molar-refractivity contribution is -0.137. The van der Waals surface area contributed by atoms with Gasteiger partial charge < -0.3 is 14.6 Å². The number of nitrogens with zero attached hydrogens (tertiary/aromatic N) is 2. The van der Waals surface area contributed by atoms with Gasteiger partial charge in [-0.3, -0.25) is 14.4 Å². The van der Waals surface area contributed by atoms with Crippen LogP contribution in [0.3, 0.4) is 0 Å². The molecule has 0 fully saturated rings. The Balaban J connectivity index is 1.44. The largest absolute Gasteiger partial charge is 0.452 e. The van der Waals surface area contributed by atoms with Crippen LogP contribution in [-0.4, -0.2) is 35.5 Å². The molecule has 1 aliphatic rings. The zero-order valence-electron chi connectivity index (χ0n) is 17.3. The van der Waals surface area contributed by atoms with Crippen LogP contribution < -0.4 is 10.2 Å². The number of amides is 3. The van der Waals surface area contributed by atoms with Gasteiger partial charge in [0.05, 0.1) is 27.9 Å². The van der Waals surface area contributed by atoms with Crippen molar-refractivity contribution >= 4 is 35.2 Å². The van der Waals surface area contributed by atoms with Gasteiger partial charge in [-0.15, -0.1) is 0 Å². The van der Waals surface area contributed by atoms with Crippen LogP contribution in [0.4, 0.5) is 24.7 Å². The molecule has 34 heavy (non-hydrogen) atoms. The Morgan fingerprint density at radius 1 is 1.06 bits per heavy atom. The van der Waals surface area contributed by atoms with Crippen LogP contribution in [0.25, 0.3) is 0 Å². The van der Waals surface area contributed by atoms with Crippen molar-refractivity contribution in [2.24, 2.45) is 0 Å². The maximum Gasteiger partial charge on any atom is 0.418 e. The number of halogens is 3. The van der Waals surface area contributed by atoms with Crippen molar-refractivity contribution < 1.29 is 41.6 Å². The van der Waals surface area contributed by atoms with Crippen LogP contribution in [-0.2, 0) is 15.7 Å². The smallest absolute Gasteiger partial charge is 0.418 e. The average Bonchev–Trinajstić information content (AvgIpc) is 3.32. The molecule has 1 aromatic heterocycles. The van der Waals surface area contributed by atoms with E-state index in [-0.39, 0.29) is 22.5 Å². The normalized spacial score (nSPS) is 13.1. The number of imide groups is 1. The highest BCUT2D eigenvalue weighted by Gasteiger charge is 2.39. The highest BCUT2D eigenvalue weighted by atomic mass is 19.4. The molecule has 2 aromatic carbocycles. The molecule has 1 N–H and O–H groups in total. The molecular formula is C22H14F3N3O6. The number of fused-ring (bicyclic) bond motifs is 1. The topological polar surface area (TPSA) is 119 Å². The summed E-state index contributed by atoms with van der Waals surface area (Å²) in [6, 6.07) is 9.34. The number of ether oxygens (including phenoxy) is 1. The number of alkyl halides is 3. The van der Waals surface area contributed by atoms with E-state index in [0.29, 0.717) is 5.76 Å². The number of esters is 1. The van der Waals surface area contributed by atoms with E-state index in [0.717, 1.165) is 23.1 Å². The van der Waals surface area contributed by atoms with Crippen LogP contribution in [0.15, 0.2) is 53.1 Å². The number of hydrogen-bond acceptors (Lipinski definition) is 7. The van der Waals surface area contributed by atoms with Gasteiger partial charge in [-0.1, -0.05) is 17.3 Å². The lowest BCUT2D eigenvalue weighted by Gasteiger charge is -2.13. The number of rotatable bonds is 5. The number of nitrogens with one attached hydrogen (secondary N) is 1. The second kappa shape index (κ2) is 8.46. The first-order valence-corrected chi connectivity index (χ1v) is 9.65. The number of benzene rings is 2. The summed E-state index contributed by atoms with van der Waals surface area (Å²) in [7, 11) is 0. The Bertz CT molecular complexity index is 1330. The second-order valence-corrected chi connectivity index (χ2v) is 7.17. The molecule has 0 saturated heterocycles. The highest BCUT2D eigenvalue weighted by molar-refractivity contribution is 6.34. The number of carbonyl (C=O) groups excluding carboxylic acids is 4. The Hall–Kier alpha value is -4.48. The summed E-state index contributed by atoms with van der Waals surface area (Å²) in [6.07, 6.45) is -4.69. The average molecular weight is 473 g/mol. The van der Waals surface area contributed by atoms with Crippen LogP contribution >= 0.6 is 0 Å². The van der Waals surface area contributed by atoms with Gasteiger partial charge >= 0.3 is 12.1 Å². The molecule has 4 rings (SSSR count). The van der Waals surface area contributed by atoms with E-state index < -0.39 is 47.7 Å².